The molecule has 0 aliphatic rings. The molecule has 0 fully saturated rings. The maximum atomic E-state index is 4.26. The molecule has 0 bridgehead atoms. The van der Waals surface area contributed by atoms with Crippen molar-refractivity contribution in [3.8, 4) is 0 Å². The molecule has 0 aromatic carbocycles. The van der Waals surface area contributed by atoms with Gasteiger partial charge in [-0.25, -0.2) is 4.98 Å². The second-order valence-electron chi connectivity index (χ2n) is 3.29. The van der Waals surface area contributed by atoms with Gasteiger partial charge in [-0.1, -0.05) is 0 Å². The largest absolute Gasteiger partial charge is 0.263 e. The van der Waals surface area contributed by atoms with Gasteiger partial charge in [-0.2, -0.15) is 10.2 Å². The van der Waals surface area contributed by atoms with Crippen molar-refractivity contribution in [1.29, 1.82) is 0 Å². The Morgan fingerprint density at radius 3 is 2.87 bits per heavy atom. The molecule has 0 atom stereocenters. The van der Waals surface area contributed by atoms with Crippen molar-refractivity contribution in [3.05, 3.63) is 28.0 Å². The molecule has 15 heavy (non-hydrogen) atoms. The van der Waals surface area contributed by atoms with E-state index in [4.69, 9.17) is 0 Å². The minimum absolute atomic E-state index is 0.699. The number of hydrogen-bond acceptors (Lipinski definition) is 3. The van der Waals surface area contributed by atoms with E-state index in [9.17, 15) is 0 Å². The van der Waals surface area contributed by atoms with Gasteiger partial charge in [0.2, 0.25) is 0 Å². The molecule has 2 aromatic rings. The lowest BCUT2D eigenvalue weighted by Gasteiger charge is -1.98. The number of hydrogen-bond donors (Lipinski definition) is 1. The number of nitrogens with one attached hydrogen (secondary N) is 1. The van der Waals surface area contributed by atoms with E-state index in [1.807, 2.05) is 17.8 Å². The van der Waals surface area contributed by atoms with Crippen molar-refractivity contribution in [1.82, 2.24) is 25.0 Å². The molecule has 80 valence electrons. The van der Waals surface area contributed by atoms with E-state index in [0.717, 1.165) is 28.4 Å². The highest BCUT2D eigenvalue weighted by Crippen LogP contribution is 2.18. The molecule has 2 rings (SSSR count). The van der Waals surface area contributed by atoms with Gasteiger partial charge >= 0.3 is 0 Å². The molecule has 0 saturated heterocycles. The summed E-state index contributed by atoms with van der Waals surface area (Å²) in [6.07, 6.45) is 2.55. The van der Waals surface area contributed by atoms with Gasteiger partial charge in [-0.05, 0) is 29.8 Å². The zero-order valence-electron chi connectivity index (χ0n) is 8.66. The summed E-state index contributed by atoms with van der Waals surface area (Å²) in [5.41, 5.74) is 1.11. The van der Waals surface area contributed by atoms with Crippen LogP contribution in [0.15, 0.2) is 10.8 Å². The molecule has 0 saturated carbocycles. The molecule has 0 aliphatic heterocycles. The first kappa shape index (κ1) is 10.4. The van der Waals surface area contributed by atoms with Crippen molar-refractivity contribution in [2.45, 2.75) is 26.8 Å². The summed E-state index contributed by atoms with van der Waals surface area (Å²) in [6, 6.07) is 0. The Hall–Kier alpha value is -1.17. The van der Waals surface area contributed by atoms with Crippen LogP contribution in [-0.4, -0.2) is 25.0 Å². The van der Waals surface area contributed by atoms with Crippen LogP contribution in [0.2, 0.25) is 0 Å². The van der Waals surface area contributed by atoms with Gasteiger partial charge < -0.3 is 0 Å². The molecular formula is C9H12BrN5. The minimum atomic E-state index is 0.699. The first-order valence-corrected chi connectivity index (χ1v) is 5.58. The zero-order chi connectivity index (χ0) is 10.8. The van der Waals surface area contributed by atoms with Crippen molar-refractivity contribution in [2.75, 3.05) is 0 Å². The quantitative estimate of drug-likeness (QED) is 0.923. The van der Waals surface area contributed by atoms with E-state index >= 15 is 0 Å². The number of aryl methyl sites for hydroxylation is 2. The number of halogens is 1. The van der Waals surface area contributed by atoms with Gasteiger partial charge in [0, 0.05) is 18.5 Å². The molecular weight excluding hydrogens is 258 g/mol. The smallest absolute Gasteiger partial charge is 0.155 e. The fourth-order valence-corrected chi connectivity index (χ4v) is 1.97. The summed E-state index contributed by atoms with van der Waals surface area (Å²) in [6.45, 7) is 4.80. The van der Waals surface area contributed by atoms with Crippen LogP contribution in [0.5, 0.6) is 0 Å². The lowest BCUT2D eigenvalue weighted by Crippen LogP contribution is -1.97. The van der Waals surface area contributed by atoms with Crippen LogP contribution < -0.4 is 0 Å². The first-order valence-electron chi connectivity index (χ1n) is 4.78. The summed E-state index contributed by atoms with van der Waals surface area (Å²) in [4.78, 5) is 4.26. The molecule has 0 radical (unpaired) electrons. The van der Waals surface area contributed by atoms with Gasteiger partial charge in [-0.3, -0.25) is 9.78 Å². The molecule has 2 heterocycles. The Labute approximate surface area is 96.0 Å². The molecule has 0 aliphatic carbocycles. The second kappa shape index (κ2) is 4.14. The zero-order valence-corrected chi connectivity index (χ0v) is 10.2. The van der Waals surface area contributed by atoms with E-state index in [1.54, 1.807) is 0 Å². The monoisotopic (exact) mass is 269 g/mol. The van der Waals surface area contributed by atoms with E-state index in [1.165, 1.54) is 0 Å². The molecule has 6 heteroatoms. The maximum Gasteiger partial charge on any atom is 0.155 e. The van der Waals surface area contributed by atoms with Gasteiger partial charge in [-0.15, -0.1) is 0 Å². The van der Waals surface area contributed by atoms with Crippen molar-refractivity contribution < 1.29 is 0 Å². The topological polar surface area (TPSA) is 59.4 Å². The number of rotatable bonds is 3. The summed E-state index contributed by atoms with van der Waals surface area (Å²) in [7, 11) is 0. The normalized spacial score (nSPS) is 10.9. The van der Waals surface area contributed by atoms with Crippen molar-refractivity contribution in [3.63, 3.8) is 0 Å². The summed E-state index contributed by atoms with van der Waals surface area (Å²) >= 11 is 3.51. The van der Waals surface area contributed by atoms with E-state index < -0.39 is 0 Å². The Kier molecular flexibility index (Phi) is 2.86. The lowest BCUT2D eigenvalue weighted by molar-refractivity contribution is 0.644. The number of aromatic amines is 1. The highest BCUT2D eigenvalue weighted by Gasteiger charge is 2.09. The number of H-pyrrole nitrogens is 1. The van der Waals surface area contributed by atoms with Crippen molar-refractivity contribution >= 4 is 15.9 Å². The molecule has 0 unspecified atom stereocenters. The standard InChI is InChI=1S/C9H12BrN5/c1-3-15-9(10)7(5-11-15)4-8-12-6(2)13-14-8/h5H,3-4H2,1-2H3,(H,12,13,14). The summed E-state index contributed by atoms with van der Waals surface area (Å²) in [5, 5.41) is 11.2. The molecule has 0 amide bonds. The van der Waals surface area contributed by atoms with E-state index in [-0.39, 0.29) is 0 Å². The van der Waals surface area contributed by atoms with Crippen molar-refractivity contribution in [2.24, 2.45) is 0 Å². The third-order valence-electron chi connectivity index (χ3n) is 2.14. The Morgan fingerprint density at radius 2 is 2.33 bits per heavy atom. The summed E-state index contributed by atoms with van der Waals surface area (Å²) < 4.78 is 2.90. The van der Waals surface area contributed by atoms with Crippen LogP contribution in [0.3, 0.4) is 0 Å². The highest BCUT2D eigenvalue weighted by molar-refractivity contribution is 9.10. The van der Waals surface area contributed by atoms with Crippen LogP contribution in [0.1, 0.15) is 24.1 Å². The predicted molar refractivity (Wildman–Crippen MR) is 59.5 cm³/mol. The molecule has 5 nitrogen and oxygen atoms in total. The average molecular weight is 270 g/mol. The van der Waals surface area contributed by atoms with E-state index in [2.05, 4.69) is 43.1 Å². The van der Waals surface area contributed by atoms with Gasteiger partial charge in [0.1, 0.15) is 10.4 Å². The van der Waals surface area contributed by atoms with Crippen LogP contribution in [0, 0.1) is 6.92 Å². The van der Waals surface area contributed by atoms with Gasteiger partial charge in [0.15, 0.2) is 5.82 Å². The second-order valence-corrected chi connectivity index (χ2v) is 4.04. The van der Waals surface area contributed by atoms with Crippen LogP contribution in [-0.2, 0) is 13.0 Å². The molecule has 2 aromatic heterocycles. The SMILES string of the molecule is CCn1ncc(Cc2n[nH]c(C)n2)c1Br. The lowest BCUT2D eigenvalue weighted by atomic mass is 10.2. The third kappa shape index (κ3) is 2.09. The number of nitrogens with zero attached hydrogens (tertiary/aromatic N) is 4. The molecule has 0 spiro atoms. The average Bonchev–Trinajstić information content (AvgIpc) is 2.76. The number of aromatic nitrogens is 5. The minimum Gasteiger partial charge on any atom is -0.263 e. The van der Waals surface area contributed by atoms with Crippen LogP contribution >= 0.6 is 15.9 Å². The highest BCUT2D eigenvalue weighted by atomic mass is 79.9. The molecule has 1 N–H and O–H groups in total. The van der Waals surface area contributed by atoms with Gasteiger partial charge in [0.25, 0.3) is 0 Å². The van der Waals surface area contributed by atoms with E-state index in [0.29, 0.717) is 6.42 Å². The summed E-state index contributed by atoms with van der Waals surface area (Å²) in [5.74, 6) is 1.63. The third-order valence-corrected chi connectivity index (χ3v) is 3.05. The Bertz CT molecular complexity index is 459. The predicted octanol–water partition coefficient (Wildman–Crippen LogP) is 1.68. The fraction of sp³-hybridized carbons (Fsp3) is 0.444. The maximum absolute atomic E-state index is 4.26. The van der Waals surface area contributed by atoms with Crippen LogP contribution in [0.4, 0.5) is 0 Å². The van der Waals surface area contributed by atoms with Crippen LogP contribution in [0.25, 0.3) is 0 Å². The Morgan fingerprint density at radius 1 is 1.53 bits per heavy atom. The first-order chi connectivity index (χ1) is 7.20. The Balaban J connectivity index is 2.21. The fourth-order valence-electron chi connectivity index (χ4n) is 1.39. The van der Waals surface area contributed by atoms with Gasteiger partial charge in [0.05, 0.1) is 6.20 Å².